The van der Waals surface area contributed by atoms with Crippen LogP contribution in [0.3, 0.4) is 0 Å². The van der Waals surface area contributed by atoms with E-state index < -0.39 is 10.0 Å². The van der Waals surface area contributed by atoms with Crippen LogP contribution in [0.25, 0.3) is 11.4 Å². The summed E-state index contributed by atoms with van der Waals surface area (Å²) in [5, 5.41) is 4.05. The first-order valence-electron chi connectivity index (χ1n) is 9.90. The van der Waals surface area contributed by atoms with Gasteiger partial charge in [-0.3, -0.25) is 0 Å². The van der Waals surface area contributed by atoms with E-state index in [-0.39, 0.29) is 0 Å². The summed E-state index contributed by atoms with van der Waals surface area (Å²) in [6.07, 6.45) is 1.66. The molecular weight excluding hydrogens is 388 g/mol. The molecule has 8 heteroatoms. The van der Waals surface area contributed by atoms with Crippen LogP contribution >= 0.6 is 0 Å². The molecule has 1 aliphatic rings. The Morgan fingerprint density at radius 3 is 2.31 bits per heavy atom. The van der Waals surface area contributed by atoms with Crippen molar-refractivity contribution in [3.63, 3.8) is 0 Å². The Labute approximate surface area is 171 Å². The zero-order valence-electron chi connectivity index (χ0n) is 16.2. The summed E-state index contributed by atoms with van der Waals surface area (Å²) < 4.78 is 32.4. The molecule has 0 saturated carbocycles. The van der Waals surface area contributed by atoms with Crippen LogP contribution in [0.4, 0.5) is 0 Å². The highest BCUT2D eigenvalue weighted by atomic mass is 32.2. The lowest BCUT2D eigenvalue weighted by Crippen LogP contribution is -3.14. The molecule has 1 N–H and O–H groups in total. The highest BCUT2D eigenvalue weighted by molar-refractivity contribution is 7.89. The SMILES string of the molecule is O=S(=O)(c1ccccc1)N1CC[NH+](CCCc2nc(-c3ccccc3)no2)CC1. The van der Waals surface area contributed by atoms with Crippen LogP contribution in [-0.4, -0.2) is 55.6 Å². The minimum Gasteiger partial charge on any atom is -0.339 e. The molecule has 1 aromatic heterocycles. The Balaban J connectivity index is 1.24. The van der Waals surface area contributed by atoms with Crippen molar-refractivity contribution in [1.29, 1.82) is 0 Å². The van der Waals surface area contributed by atoms with Crippen LogP contribution in [0.5, 0.6) is 0 Å². The first-order chi connectivity index (χ1) is 14.1. The molecule has 0 unspecified atom stereocenters. The predicted molar refractivity (Wildman–Crippen MR) is 109 cm³/mol. The second-order valence-electron chi connectivity index (χ2n) is 7.20. The number of piperazine rings is 1. The van der Waals surface area contributed by atoms with Gasteiger partial charge in [-0.25, -0.2) is 8.42 Å². The number of nitrogens with one attached hydrogen (secondary N) is 1. The fourth-order valence-corrected chi connectivity index (χ4v) is 5.05. The van der Waals surface area contributed by atoms with Gasteiger partial charge in [-0.2, -0.15) is 9.29 Å². The van der Waals surface area contributed by atoms with Crippen molar-refractivity contribution in [2.24, 2.45) is 0 Å². The highest BCUT2D eigenvalue weighted by Crippen LogP contribution is 2.16. The maximum Gasteiger partial charge on any atom is 0.243 e. The third-order valence-electron chi connectivity index (χ3n) is 5.23. The number of quaternary nitrogens is 1. The van der Waals surface area contributed by atoms with E-state index in [2.05, 4.69) is 10.1 Å². The number of hydrogen-bond donors (Lipinski definition) is 1. The molecule has 2 aromatic carbocycles. The van der Waals surface area contributed by atoms with Gasteiger partial charge in [-0.15, -0.1) is 0 Å². The summed E-state index contributed by atoms with van der Waals surface area (Å²) in [5.41, 5.74) is 0.948. The molecule has 3 aromatic rings. The largest absolute Gasteiger partial charge is 0.339 e. The monoisotopic (exact) mass is 413 g/mol. The van der Waals surface area contributed by atoms with Gasteiger partial charge >= 0.3 is 0 Å². The quantitative estimate of drug-likeness (QED) is 0.631. The second kappa shape index (κ2) is 8.86. The summed E-state index contributed by atoms with van der Waals surface area (Å²) in [6, 6.07) is 18.4. The number of sulfonamides is 1. The number of rotatable bonds is 7. The molecule has 0 aliphatic carbocycles. The second-order valence-corrected chi connectivity index (χ2v) is 9.14. The lowest BCUT2D eigenvalue weighted by Gasteiger charge is -2.31. The number of nitrogens with zero attached hydrogens (tertiary/aromatic N) is 3. The predicted octanol–water partition coefficient (Wildman–Crippen LogP) is 1.26. The first kappa shape index (κ1) is 19.8. The number of hydrogen-bond acceptors (Lipinski definition) is 5. The van der Waals surface area contributed by atoms with Gasteiger partial charge in [0.15, 0.2) is 0 Å². The van der Waals surface area contributed by atoms with Crippen molar-refractivity contribution in [2.75, 3.05) is 32.7 Å². The molecule has 0 atom stereocenters. The van der Waals surface area contributed by atoms with Gasteiger partial charge in [0.05, 0.1) is 37.6 Å². The summed E-state index contributed by atoms with van der Waals surface area (Å²) in [5.74, 6) is 1.27. The van der Waals surface area contributed by atoms with E-state index in [1.807, 2.05) is 36.4 Å². The molecule has 2 heterocycles. The van der Waals surface area contributed by atoms with E-state index in [9.17, 15) is 8.42 Å². The standard InChI is InChI=1S/C21H24N4O3S/c26-29(27,19-10-5-2-6-11-19)25-16-14-24(15-17-25)13-7-12-20-22-21(23-28-20)18-8-3-1-4-9-18/h1-6,8-11H,7,12-17H2/p+1. The first-order valence-corrected chi connectivity index (χ1v) is 11.3. The third kappa shape index (κ3) is 4.72. The van der Waals surface area contributed by atoms with Crippen molar-refractivity contribution in [1.82, 2.24) is 14.4 Å². The molecule has 1 fully saturated rings. The van der Waals surface area contributed by atoms with E-state index in [1.165, 1.54) is 4.90 Å². The van der Waals surface area contributed by atoms with E-state index in [4.69, 9.17) is 4.52 Å². The van der Waals surface area contributed by atoms with Crippen molar-refractivity contribution in [3.05, 3.63) is 66.6 Å². The molecule has 7 nitrogen and oxygen atoms in total. The van der Waals surface area contributed by atoms with Crippen LogP contribution in [0, 0.1) is 0 Å². The smallest absolute Gasteiger partial charge is 0.243 e. The molecule has 1 aliphatic heterocycles. The van der Waals surface area contributed by atoms with Crippen molar-refractivity contribution < 1.29 is 17.8 Å². The maximum atomic E-state index is 12.7. The Morgan fingerprint density at radius 1 is 0.966 bits per heavy atom. The Bertz CT molecular complexity index is 1010. The van der Waals surface area contributed by atoms with Gasteiger partial charge in [0.2, 0.25) is 21.7 Å². The van der Waals surface area contributed by atoms with Gasteiger partial charge in [0.25, 0.3) is 0 Å². The molecular formula is C21H25N4O3S+. The van der Waals surface area contributed by atoms with Gasteiger partial charge in [0, 0.05) is 18.4 Å². The van der Waals surface area contributed by atoms with E-state index in [0.717, 1.165) is 38.0 Å². The summed E-state index contributed by atoms with van der Waals surface area (Å²) in [6.45, 7) is 3.68. The fourth-order valence-electron chi connectivity index (χ4n) is 3.58. The average molecular weight is 414 g/mol. The summed E-state index contributed by atoms with van der Waals surface area (Å²) >= 11 is 0. The van der Waals surface area contributed by atoms with Crippen LogP contribution < -0.4 is 4.90 Å². The van der Waals surface area contributed by atoms with E-state index in [1.54, 1.807) is 28.6 Å². The zero-order chi connectivity index (χ0) is 20.1. The molecule has 29 heavy (non-hydrogen) atoms. The van der Waals surface area contributed by atoms with Crippen LogP contribution in [0.2, 0.25) is 0 Å². The summed E-state index contributed by atoms with van der Waals surface area (Å²) in [7, 11) is -3.39. The topological polar surface area (TPSA) is 80.7 Å². The number of aromatic nitrogens is 2. The van der Waals surface area contributed by atoms with E-state index >= 15 is 0 Å². The van der Waals surface area contributed by atoms with Gasteiger partial charge in [-0.1, -0.05) is 53.7 Å². The summed E-state index contributed by atoms with van der Waals surface area (Å²) in [4.78, 5) is 6.25. The minimum atomic E-state index is -3.39. The normalized spacial score (nSPS) is 16.1. The number of aryl methyl sites for hydroxylation is 1. The highest BCUT2D eigenvalue weighted by Gasteiger charge is 2.30. The molecule has 0 amide bonds. The maximum absolute atomic E-state index is 12.7. The van der Waals surface area contributed by atoms with Gasteiger partial charge in [-0.05, 0) is 12.1 Å². The lowest BCUT2D eigenvalue weighted by molar-refractivity contribution is -0.903. The van der Waals surface area contributed by atoms with Crippen LogP contribution in [0.15, 0.2) is 70.1 Å². The zero-order valence-corrected chi connectivity index (χ0v) is 17.0. The Morgan fingerprint density at radius 2 is 1.62 bits per heavy atom. The average Bonchev–Trinajstić information content (AvgIpc) is 3.24. The Kier molecular flexibility index (Phi) is 6.03. The van der Waals surface area contributed by atoms with E-state index in [0.29, 0.717) is 29.7 Å². The van der Waals surface area contributed by atoms with Gasteiger partial charge < -0.3 is 9.42 Å². The van der Waals surface area contributed by atoms with Crippen molar-refractivity contribution in [3.8, 4) is 11.4 Å². The molecule has 152 valence electrons. The van der Waals surface area contributed by atoms with Crippen LogP contribution in [-0.2, 0) is 16.4 Å². The Hall–Kier alpha value is -2.55. The lowest BCUT2D eigenvalue weighted by atomic mass is 10.2. The molecule has 0 spiro atoms. The molecule has 4 rings (SSSR count). The molecule has 1 saturated heterocycles. The number of benzene rings is 2. The third-order valence-corrected chi connectivity index (χ3v) is 7.14. The minimum absolute atomic E-state index is 0.370. The fraction of sp³-hybridized carbons (Fsp3) is 0.333. The molecule has 0 bridgehead atoms. The van der Waals surface area contributed by atoms with Crippen molar-refractivity contribution >= 4 is 10.0 Å². The van der Waals surface area contributed by atoms with Crippen LogP contribution in [0.1, 0.15) is 12.3 Å². The molecule has 0 radical (unpaired) electrons. The van der Waals surface area contributed by atoms with Crippen molar-refractivity contribution in [2.45, 2.75) is 17.7 Å². The van der Waals surface area contributed by atoms with Gasteiger partial charge in [0.1, 0.15) is 0 Å².